The standard InChI is InChI=1S/C22H20ClFN2O3S/c1-25(15-16-6-3-9-19(24)12-16)22(27)17-7-4-11-21(13-17)30(28,29)26(2)20-10-5-8-18(23)14-20/h3-14H,15H2,1-2H3. The average Bonchev–Trinajstić information content (AvgIpc) is 2.72. The van der Waals surface area contributed by atoms with Crippen LogP contribution < -0.4 is 4.31 Å². The second-order valence-corrected chi connectivity index (χ2v) is 9.18. The summed E-state index contributed by atoms with van der Waals surface area (Å²) in [5.41, 5.74) is 1.26. The number of hydrogen-bond acceptors (Lipinski definition) is 3. The van der Waals surface area contributed by atoms with Gasteiger partial charge in [0.2, 0.25) is 0 Å². The van der Waals surface area contributed by atoms with Crippen LogP contribution in [0.2, 0.25) is 5.02 Å². The normalized spacial score (nSPS) is 11.2. The number of benzene rings is 3. The highest BCUT2D eigenvalue weighted by Crippen LogP contribution is 2.25. The van der Waals surface area contributed by atoms with E-state index >= 15 is 0 Å². The lowest BCUT2D eigenvalue weighted by atomic mass is 10.1. The summed E-state index contributed by atoms with van der Waals surface area (Å²) in [4.78, 5) is 14.2. The van der Waals surface area contributed by atoms with Gasteiger partial charge in [-0.25, -0.2) is 12.8 Å². The van der Waals surface area contributed by atoms with Crippen molar-refractivity contribution < 1.29 is 17.6 Å². The average molecular weight is 447 g/mol. The molecule has 0 aliphatic rings. The van der Waals surface area contributed by atoms with Gasteiger partial charge in [0.1, 0.15) is 5.82 Å². The number of carbonyl (C=O) groups excluding carboxylic acids is 1. The summed E-state index contributed by atoms with van der Waals surface area (Å²) in [5, 5.41) is 0.414. The topological polar surface area (TPSA) is 57.7 Å². The van der Waals surface area contributed by atoms with Gasteiger partial charge < -0.3 is 4.90 Å². The third-order valence-corrected chi connectivity index (χ3v) is 6.58. The van der Waals surface area contributed by atoms with Crippen LogP contribution in [-0.2, 0) is 16.6 Å². The van der Waals surface area contributed by atoms with Crippen molar-refractivity contribution in [2.24, 2.45) is 0 Å². The molecule has 156 valence electrons. The maximum atomic E-state index is 13.4. The van der Waals surface area contributed by atoms with Gasteiger partial charge in [-0.2, -0.15) is 0 Å². The van der Waals surface area contributed by atoms with Gasteiger partial charge in [0, 0.05) is 31.2 Å². The van der Waals surface area contributed by atoms with Crippen LogP contribution in [0.4, 0.5) is 10.1 Å². The lowest BCUT2D eigenvalue weighted by Gasteiger charge is -2.21. The van der Waals surface area contributed by atoms with Gasteiger partial charge in [0.15, 0.2) is 0 Å². The first kappa shape index (κ1) is 21.8. The third kappa shape index (κ3) is 4.80. The number of nitrogens with zero attached hydrogens (tertiary/aromatic N) is 2. The second-order valence-electron chi connectivity index (χ2n) is 6.77. The van der Waals surface area contributed by atoms with Crippen molar-refractivity contribution in [3.63, 3.8) is 0 Å². The molecule has 0 aliphatic heterocycles. The quantitative estimate of drug-likeness (QED) is 0.557. The molecular formula is C22H20ClFN2O3S. The molecule has 0 N–H and O–H groups in total. The number of carbonyl (C=O) groups is 1. The number of halogens is 2. The van der Waals surface area contributed by atoms with Crippen molar-refractivity contribution in [1.82, 2.24) is 4.90 Å². The zero-order valence-electron chi connectivity index (χ0n) is 16.4. The first-order chi connectivity index (χ1) is 14.2. The highest BCUT2D eigenvalue weighted by Gasteiger charge is 2.23. The van der Waals surface area contributed by atoms with Gasteiger partial charge in [-0.05, 0) is 54.1 Å². The van der Waals surface area contributed by atoms with E-state index in [4.69, 9.17) is 11.6 Å². The van der Waals surface area contributed by atoms with Crippen molar-refractivity contribution >= 4 is 33.2 Å². The Morgan fingerprint density at radius 2 is 1.67 bits per heavy atom. The Hall–Kier alpha value is -2.90. The molecule has 3 aromatic rings. The molecule has 8 heteroatoms. The first-order valence-electron chi connectivity index (χ1n) is 9.03. The second kappa shape index (κ2) is 8.85. The third-order valence-electron chi connectivity index (χ3n) is 4.57. The van der Waals surface area contributed by atoms with Gasteiger partial charge in [0.25, 0.3) is 15.9 Å². The van der Waals surface area contributed by atoms with Crippen LogP contribution in [0.15, 0.2) is 77.7 Å². The molecule has 0 fully saturated rings. The minimum absolute atomic E-state index is 0.0185. The maximum Gasteiger partial charge on any atom is 0.264 e. The van der Waals surface area contributed by atoms with Gasteiger partial charge in [-0.3, -0.25) is 9.10 Å². The zero-order chi connectivity index (χ0) is 21.9. The van der Waals surface area contributed by atoms with Crippen LogP contribution in [0, 0.1) is 5.82 Å². The summed E-state index contributed by atoms with van der Waals surface area (Å²) < 4.78 is 40.6. The highest BCUT2D eigenvalue weighted by molar-refractivity contribution is 7.92. The Morgan fingerprint density at radius 1 is 0.967 bits per heavy atom. The number of sulfonamides is 1. The largest absolute Gasteiger partial charge is 0.337 e. The Labute approximate surface area is 180 Å². The fourth-order valence-corrected chi connectivity index (χ4v) is 4.38. The molecule has 0 heterocycles. The molecule has 1 amide bonds. The minimum Gasteiger partial charge on any atom is -0.337 e. The molecule has 0 saturated heterocycles. The van der Waals surface area contributed by atoms with Gasteiger partial charge in [0.05, 0.1) is 10.6 Å². The number of hydrogen-bond donors (Lipinski definition) is 0. The van der Waals surface area contributed by atoms with E-state index < -0.39 is 10.0 Å². The molecule has 0 aromatic heterocycles. The van der Waals surface area contributed by atoms with Crippen LogP contribution in [0.1, 0.15) is 15.9 Å². The summed E-state index contributed by atoms with van der Waals surface area (Å²) in [6, 6.07) is 18.3. The molecule has 0 unspecified atom stereocenters. The molecular weight excluding hydrogens is 427 g/mol. The van der Waals surface area contributed by atoms with Crippen LogP contribution in [-0.4, -0.2) is 33.3 Å². The Bertz CT molecular complexity index is 1180. The van der Waals surface area contributed by atoms with E-state index in [0.29, 0.717) is 16.3 Å². The molecule has 0 saturated carbocycles. The molecule has 0 radical (unpaired) electrons. The van der Waals surface area contributed by atoms with E-state index in [1.54, 1.807) is 49.5 Å². The number of amides is 1. The van der Waals surface area contributed by atoms with E-state index in [1.165, 1.54) is 42.3 Å². The Balaban J connectivity index is 1.85. The molecule has 3 aromatic carbocycles. The van der Waals surface area contributed by atoms with E-state index in [-0.39, 0.29) is 28.7 Å². The monoisotopic (exact) mass is 446 g/mol. The van der Waals surface area contributed by atoms with Gasteiger partial charge in [-0.1, -0.05) is 35.9 Å². The summed E-state index contributed by atoms with van der Waals surface area (Å²) in [6.07, 6.45) is 0. The maximum absolute atomic E-state index is 13.4. The van der Waals surface area contributed by atoms with E-state index in [0.717, 1.165) is 4.31 Å². The van der Waals surface area contributed by atoms with E-state index in [9.17, 15) is 17.6 Å². The van der Waals surface area contributed by atoms with Crippen LogP contribution in [0.25, 0.3) is 0 Å². The molecule has 0 spiro atoms. The van der Waals surface area contributed by atoms with Crippen molar-refractivity contribution in [3.8, 4) is 0 Å². The minimum atomic E-state index is -3.90. The highest BCUT2D eigenvalue weighted by atomic mass is 35.5. The Kier molecular flexibility index (Phi) is 6.43. The Morgan fingerprint density at radius 3 is 2.37 bits per heavy atom. The molecule has 5 nitrogen and oxygen atoms in total. The van der Waals surface area contributed by atoms with Crippen molar-refractivity contribution in [3.05, 3.63) is 94.8 Å². The summed E-state index contributed by atoms with van der Waals surface area (Å²) in [6.45, 7) is 0.190. The van der Waals surface area contributed by atoms with Crippen LogP contribution >= 0.6 is 11.6 Å². The number of anilines is 1. The van der Waals surface area contributed by atoms with Gasteiger partial charge >= 0.3 is 0 Å². The van der Waals surface area contributed by atoms with Crippen molar-refractivity contribution in [2.75, 3.05) is 18.4 Å². The summed E-state index contributed by atoms with van der Waals surface area (Å²) >= 11 is 5.97. The SMILES string of the molecule is CN(Cc1cccc(F)c1)C(=O)c1cccc(S(=O)(=O)N(C)c2cccc(Cl)c2)c1. The molecule has 30 heavy (non-hydrogen) atoms. The summed E-state index contributed by atoms with van der Waals surface area (Å²) in [7, 11) is -0.903. The fraction of sp³-hybridized carbons (Fsp3) is 0.136. The number of rotatable bonds is 6. The molecule has 0 atom stereocenters. The lowest BCUT2D eigenvalue weighted by Crippen LogP contribution is -2.28. The van der Waals surface area contributed by atoms with Crippen molar-refractivity contribution in [1.29, 1.82) is 0 Å². The first-order valence-corrected chi connectivity index (χ1v) is 10.8. The van der Waals surface area contributed by atoms with E-state index in [2.05, 4.69) is 0 Å². The van der Waals surface area contributed by atoms with Crippen LogP contribution in [0.3, 0.4) is 0 Å². The molecule has 3 rings (SSSR count). The predicted octanol–water partition coefficient (Wildman–Crippen LogP) is 4.58. The van der Waals surface area contributed by atoms with Gasteiger partial charge in [-0.15, -0.1) is 0 Å². The lowest BCUT2D eigenvalue weighted by molar-refractivity contribution is 0.0784. The zero-order valence-corrected chi connectivity index (χ0v) is 18.0. The van der Waals surface area contributed by atoms with Crippen molar-refractivity contribution in [2.45, 2.75) is 11.4 Å². The smallest absolute Gasteiger partial charge is 0.264 e. The van der Waals surface area contributed by atoms with E-state index in [1.807, 2.05) is 0 Å². The molecule has 0 aliphatic carbocycles. The van der Waals surface area contributed by atoms with Crippen LogP contribution in [0.5, 0.6) is 0 Å². The predicted molar refractivity (Wildman–Crippen MR) is 116 cm³/mol. The summed E-state index contributed by atoms with van der Waals surface area (Å²) in [5.74, 6) is -0.757. The molecule has 0 bridgehead atoms. The fourth-order valence-electron chi connectivity index (χ4n) is 2.96.